The fourth-order valence-electron chi connectivity index (χ4n) is 2.58. The van der Waals surface area contributed by atoms with E-state index in [-0.39, 0.29) is 5.54 Å². The van der Waals surface area contributed by atoms with E-state index in [0.717, 1.165) is 22.0 Å². The topological polar surface area (TPSA) is 30.7 Å². The van der Waals surface area contributed by atoms with Crippen LogP contribution in [0.3, 0.4) is 0 Å². The first kappa shape index (κ1) is 14.1. The number of hydrogen-bond acceptors (Lipinski definition) is 2. The summed E-state index contributed by atoms with van der Waals surface area (Å²) in [5, 5.41) is 6.32. The predicted octanol–water partition coefficient (Wildman–Crippen LogP) is 4.82. The molecule has 0 N–H and O–H groups in total. The van der Waals surface area contributed by atoms with Crippen LogP contribution in [0.1, 0.15) is 26.3 Å². The van der Waals surface area contributed by atoms with Crippen LogP contribution in [-0.2, 0) is 5.54 Å². The van der Waals surface area contributed by atoms with Crippen LogP contribution in [0.4, 0.5) is 0 Å². The second-order valence-corrected chi connectivity index (χ2v) is 6.78. The van der Waals surface area contributed by atoms with Crippen LogP contribution in [0, 0.1) is 6.92 Å². The summed E-state index contributed by atoms with van der Waals surface area (Å²) in [5.74, 6) is 0. The standard InChI is InChI=1S/C17H18ClN3/c1-11-5-16-13(9-20-21(16)17(2,3)4)7-15(11)12-6-14(18)10-19-8-12/h5-10H,1-4H3. The number of benzene rings is 1. The highest BCUT2D eigenvalue weighted by Crippen LogP contribution is 2.31. The van der Waals surface area contributed by atoms with Crippen molar-refractivity contribution in [3.63, 3.8) is 0 Å². The number of hydrogen-bond donors (Lipinski definition) is 0. The average molecular weight is 300 g/mol. The van der Waals surface area contributed by atoms with E-state index >= 15 is 0 Å². The monoisotopic (exact) mass is 299 g/mol. The van der Waals surface area contributed by atoms with Crippen molar-refractivity contribution >= 4 is 22.5 Å². The molecule has 21 heavy (non-hydrogen) atoms. The molecule has 0 atom stereocenters. The molecule has 4 heteroatoms. The van der Waals surface area contributed by atoms with Crippen molar-refractivity contribution in [2.24, 2.45) is 0 Å². The maximum absolute atomic E-state index is 6.05. The molecule has 0 aliphatic carbocycles. The summed E-state index contributed by atoms with van der Waals surface area (Å²) in [6, 6.07) is 6.29. The Labute approximate surface area is 129 Å². The van der Waals surface area contributed by atoms with Crippen LogP contribution in [0.25, 0.3) is 22.0 Å². The molecule has 0 fully saturated rings. The van der Waals surface area contributed by atoms with Crippen LogP contribution in [-0.4, -0.2) is 14.8 Å². The van der Waals surface area contributed by atoms with Gasteiger partial charge in [-0.1, -0.05) is 11.6 Å². The zero-order valence-electron chi connectivity index (χ0n) is 12.7. The summed E-state index contributed by atoms with van der Waals surface area (Å²) in [6.45, 7) is 8.58. The van der Waals surface area contributed by atoms with Gasteiger partial charge in [-0.25, -0.2) is 0 Å². The number of fused-ring (bicyclic) bond motifs is 1. The summed E-state index contributed by atoms with van der Waals surface area (Å²) >= 11 is 6.05. The van der Waals surface area contributed by atoms with E-state index in [9.17, 15) is 0 Å². The van der Waals surface area contributed by atoms with Gasteiger partial charge in [-0.3, -0.25) is 9.67 Å². The zero-order valence-corrected chi connectivity index (χ0v) is 13.4. The number of nitrogens with zero attached hydrogens (tertiary/aromatic N) is 3. The quantitative estimate of drug-likeness (QED) is 0.645. The molecule has 0 amide bonds. The molecule has 0 saturated carbocycles. The smallest absolute Gasteiger partial charge is 0.0691 e. The van der Waals surface area contributed by atoms with Gasteiger partial charge in [0.1, 0.15) is 0 Å². The van der Waals surface area contributed by atoms with Crippen molar-refractivity contribution in [2.75, 3.05) is 0 Å². The highest BCUT2D eigenvalue weighted by atomic mass is 35.5. The Balaban J connectivity index is 2.22. The third-order valence-electron chi connectivity index (χ3n) is 3.57. The lowest BCUT2D eigenvalue weighted by Gasteiger charge is -2.21. The third kappa shape index (κ3) is 2.54. The molecule has 3 rings (SSSR count). The molecule has 0 unspecified atom stereocenters. The Morgan fingerprint density at radius 3 is 2.48 bits per heavy atom. The number of pyridine rings is 1. The van der Waals surface area contributed by atoms with Crippen molar-refractivity contribution in [1.29, 1.82) is 0 Å². The van der Waals surface area contributed by atoms with Crippen molar-refractivity contribution in [3.8, 4) is 11.1 Å². The molecule has 0 aliphatic rings. The molecule has 0 spiro atoms. The molecular formula is C17H18ClN3. The Kier molecular flexibility index (Phi) is 3.25. The van der Waals surface area contributed by atoms with E-state index in [0.29, 0.717) is 5.02 Å². The summed E-state index contributed by atoms with van der Waals surface area (Å²) in [5.41, 5.74) is 4.49. The molecule has 0 saturated heterocycles. The van der Waals surface area contributed by atoms with Crippen LogP contribution < -0.4 is 0 Å². The lowest BCUT2D eigenvalue weighted by molar-refractivity contribution is 0.368. The van der Waals surface area contributed by atoms with Gasteiger partial charge in [0.2, 0.25) is 0 Å². The Morgan fingerprint density at radius 2 is 1.81 bits per heavy atom. The fraction of sp³-hybridized carbons (Fsp3) is 0.294. The first-order valence-electron chi connectivity index (χ1n) is 6.96. The van der Waals surface area contributed by atoms with Gasteiger partial charge >= 0.3 is 0 Å². The Morgan fingerprint density at radius 1 is 1.05 bits per heavy atom. The summed E-state index contributed by atoms with van der Waals surface area (Å²) in [4.78, 5) is 4.17. The van der Waals surface area contributed by atoms with Crippen molar-refractivity contribution < 1.29 is 0 Å². The highest BCUT2D eigenvalue weighted by molar-refractivity contribution is 6.30. The van der Waals surface area contributed by atoms with E-state index in [1.54, 1.807) is 6.20 Å². The molecule has 3 nitrogen and oxygen atoms in total. The highest BCUT2D eigenvalue weighted by Gasteiger charge is 2.18. The normalized spacial score (nSPS) is 12.0. The molecule has 2 aromatic heterocycles. The largest absolute Gasteiger partial charge is 0.263 e. The average Bonchev–Trinajstić information content (AvgIpc) is 2.80. The van der Waals surface area contributed by atoms with E-state index in [4.69, 9.17) is 11.6 Å². The zero-order chi connectivity index (χ0) is 15.2. The van der Waals surface area contributed by atoms with E-state index in [1.807, 2.05) is 18.5 Å². The van der Waals surface area contributed by atoms with Gasteiger partial charge in [-0.05, 0) is 57.0 Å². The van der Waals surface area contributed by atoms with Crippen LogP contribution >= 0.6 is 11.6 Å². The van der Waals surface area contributed by atoms with E-state index in [2.05, 4.69) is 54.6 Å². The van der Waals surface area contributed by atoms with Gasteiger partial charge in [0.05, 0.1) is 22.3 Å². The fourth-order valence-corrected chi connectivity index (χ4v) is 2.76. The van der Waals surface area contributed by atoms with Gasteiger partial charge in [-0.15, -0.1) is 0 Å². The van der Waals surface area contributed by atoms with Gasteiger partial charge < -0.3 is 0 Å². The lowest BCUT2D eigenvalue weighted by Crippen LogP contribution is -2.22. The molecule has 3 aromatic rings. The molecule has 0 bridgehead atoms. The van der Waals surface area contributed by atoms with Crippen molar-refractivity contribution in [1.82, 2.24) is 14.8 Å². The summed E-state index contributed by atoms with van der Waals surface area (Å²) < 4.78 is 2.06. The summed E-state index contributed by atoms with van der Waals surface area (Å²) in [6.07, 6.45) is 5.41. The predicted molar refractivity (Wildman–Crippen MR) is 87.7 cm³/mol. The minimum Gasteiger partial charge on any atom is -0.263 e. The minimum absolute atomic E-state index is 0.0344. The second kappa shape index (κ2) is 4.85. The SMILES string of the molecule is Cc1cc2c(cnn2C(C)(C)C)cc1-c1cncc(Cl)c1. The number of rotatable bonds is 1. The maximum atomic E-state index is 6.05. The maximum Gasteiger partial charge on any atom is 0.0691 e. The van der Waals surface area contributed by atoms with Crippen LogP contribution in [0.2, 0.25) is 5.02 Å². The Hall–Kier alpha value is -1.87. The molecule has 2 heterocycles. The summed E-state index contributed by atoms with van der Waals surface area (Å²) in [7, 11) is 0. The van der Waals surface area contributed by atoms with Crippen molar-refractivity contribution in [2.45, 2.75) is 33.2 Å². The minimum atomic E-state index is -0.0344. The first-order valence-corrected chi connectivity index (χ1v) is 7.34. The van der Waals surface area contributed by atoms with Crippen LogP contribution in [0.5, 0.6) is 0 Å². The molecule has 0 radical (unpaired) electrons. The van der Waals surface area contributed by atoms with E-state index in [1.165, 1.54) is 5.56 Å². The molecule has 1 aromatic carbocycles. The van der Waals surface area contributed by atoms with Gasteiger partial charge in [0.25, 0.3) is 0 Å². The number of aromatic nitrogens is 3. The molecule has 0 aliphatic heterocycles. The van der Waals surface area contributed by atoms with Crippen LogP contribution in [0.15, 0.2) is 36.8 Å². The molecule has 108 valence electrons. The van der Waals surface area contributed by atoms with Gasteiger partial charge in [-0.2, -0.15) is 5.10 Å². The second-order valence-electron chi connectivity index (χ2n) is 6.34. The molecular weight excluding hydrogens is 282 g/mol. The van der Waals surface area contributed by atoms with E-state index < -0.39 is 0 Å². The first-order chi connectivity index (χ1) is 9.86. The Bertz CT molecular complexity index is 813. The lowest BCUT2D eigenvalue weighted by atomic mass is 9.99. The number of aryl methyl sites for hydroxylation is 1. The van der Waals surface area contributed by atoms with Gasteiger partial charge in [0, 0.05) is 23.3 Å². The van der Waals surface area contributed by atoms with Crippen molar-refractivity contribution in [3.05, 3.63) is 47.4 Å². The van der Waals surface area contributed by atoms with Gasteiger partial charge in [0.15, 0.2) is 0 Å². The third-order valence-corrected chi connectivity index (χ3v) is 3.77. The number of halogens is 1.